The number of hydrogen-bond acceptors (Lipinski definition) is 1. The molecule has 0 fully saturated rings. The van der Waals surface area contributed by atoms with E-state index in [-0.39, 0.29) is 6.04 Å². The standard InChI is InChI=1S/C17H21N/c1-3-14-5-4-6-17(12-14)16-9-7-15(8-10-16)11-13(2)18/h4-10,12-13H,3,11,18H2,1-2H3. The van der Waals surface area contributed by atoms with Crippen molar-refractivity contribution >= 4 is 0 Å². The predicted molar refractivity (Wildman–Crippen MR) is 78.6 cm³/mol. The Labute approximate surface area is 110 Å². The molecule has 0 saturated carbocycles. The van der Waals surface area contributed by atoms with Crippen LogP contribution in [0.5, 0.6) is 0 Å². The smallest absolute Gasteiger partial charge is 0.00509 e. The summed E-state index contributed by atoms with van der Waals surface area (Å²) in [7, 11) is 0. The molecule has 2 aromatic rings. The summed E-state index contributed by atoms with van der Waals surface area (Å²) in [5.41, 5.74) is 11.1. The first kappa shape index (κ1) is 12.8. The second-order valence-corrected chi connectivity index (χ2v) is 4.93. The highest BCUT2D eigenvalue weighted by molar-refractivity contribution is 5.64. The van der Waals surface area contributed by atoms with Crippen molar-refractivity contribution in [3.63, 3.8) is 0 Å². The van der Waals surface area contributed by atoms with Gasteiger partial charge in [-0.1, -0.05) is 55.5 Å². The largest absolute Gasteiger partial charge is 0.328 e. The maximum Gasteiger partial charge on any atom is 0.00509 e. The summed E-state index contributed by atoms with van der Waals surface area (Å²) in [6, 6.07) is 17.7. The summed E-state index contributed by atoms with van der Waals surface area (Å²) in [6.45, 7) is 4.23. The van der Waals surface area contributed by atoms with Crippen LogP contribution in [0, 0.1) is 0 Å². The molecule has 0 heterocycles. The van der Waals surface area contributed by atoms with Crippen LogP contribution in [0.1, 0.15) is 25.0 Å². The Balaban J connectivity index is 2.22. The highest BCUT2D eigenvalue weighted by atomic mass is 14.6. The molecular formula is C17H21N. The summed E-state index contributed by atoms with van der Waals surface area (Å²) in [4.78, 5) is 0. The highest BCUT2D eigenvalue weighted by Crippen LogP contribution is 2.21. The SMILES string of the molecule is CCc1cccc(-c2ccc(CC(C)N)cc2)c1. The van der Waals surface area contributed by atoms with E-state index in [1.54, 1.807) is 0 Å². The molecule has 1 atom stereocenters. The molecular weight excluding hydrogens is 218 g/mol. The van der Waals surface area contributed by atoms with Gasteiger partial charge in [0.1, 0.15) is 0 Å². The average Bonchev–Trinajstić information content (AvgIpc) is 2.39. The van der Waals surface area contributed by atoms with E-state index in [9.17, 15) is 0 Å². The molecule has 94 valence electrons. The topological polar surface area (TPSA) is 26.0 Å². The highest BCUT2D eigenvalue weighted by Gasteiger charge is 2.01. The third kappa shape index (κ3) is 3.21. The minimum atomic E-state index is 0.222. The molecule has 0 aliphatic carbocycles. The van der Waals surface area contributed by atoms with Crippen LogP contribution in [-0.2, 0) is 12.8 Å². The lowest BCUT2D eigenvalue weighted by Crippen LogP contribution is -2.17. The third-order valence-electron chi connectivity index (χ3n) is 3.18. The van der Waals surface area contributed by atoms with Crippen LogP contribution in [0.15, 0.2) is 48.5 Å². The van der Waals surface area contributed by atoms with E-state index in [1.807, 2.05) is 6.92 Å². The van der Waals surface area contributed by atoms with E-state index in [2.05, 4.69) is 55.5 Å². The lowest BCUT2D eigenvalue weighted by Gasteiger charge is -2.07. The molecule has 2 aromatic carbocycles. The number of nitrogens with two attached hydrogens (primary N) is 1. The third-order valence-corrected chi connectivity index (χ3v) is 3.18. The summed E-state index contributed by atoms with van der Waals surface area (Å²) in [5.74, 6) is 0. The average molecular weight is 239 g/mol. The van der Waals surface area contributed by atoms with Crippen molar-refractivity contribution in [1.29, 1.82) is 0 Å². The fraction of sp³-hybridized carbons (Fsp3) is 0.294. The summed E-state index contributed by atoms with van der Waals surface area (Å²) >= 11 is 0. The minimum absolute atomic E-state index is 0.222. The van der Waals surface area contributed by atoms with Crippen molar-refractivity contribution in [2.75, 3.05) is 0 Å². The lowest BCUT2D eigenvalue weighted by molar-refractivity contribution is 0.738. The van der Waals surface area contributed by atoms with Crippen molar-refractivity contribution < 1.29 is 0 Å². The van der Waals surface area contributed by atoms with E-state index in [4.69, 9.17) is 5.73 Å². The zero-order valence-corrected chi connectivity index (χ0v) is 11.2. The maximum atomic E-state index is 5.81. The molecule has 0 aliphatic heterocycles. The maximum absolute atomic E-state index is 5.81. The van der Waals surface area contributed by atoms with Gasteiger partial charge in [0.15, 0.2) is 0 Å². The van der Waals surface area contributed by atoms with Crippen LogP contribution in [0.25, 0.3) is 11.1 Å². The number of benzene rings is 2. The van der Waals surface area contributed by atoms with Gasteiger partial charge in [0.05, 0.1) is 0 Å². The molecule has 2 N–H and O–H groups in total. The van der Waals surface area contributed by atoms with Crippen LogP contribution in [-0.4, -0.2) is 6.04 Å². The zero-order valence-electron chi connectivity index (χ0n) is 11.2. The molecule has 0 amide bonds. The molecule has 1 unspecified atom stereocenters. The molecule has 0 spiro atoms. The first-order valence-corrected chi connectivity index (χ1v) is 6.63. The van der Waals surface area contributed by atoms with Crippen molar-refractivity contribution in [2.45, 2.75) is 32.7 Å². The van der Waals surface area contributed by atoms with E-state index < -0.39 is 0 Å². The van der Waals surface area contributed by atoms with Gasteiger partial charge in [0.2, 0.25) is 0 Å². The van der Waals surface area contributed by atoms with Crippen LogP contribution in [0.4, 0.5) is 0 Å². The van der Waals surface area contributed by atoms with E-state index in [0.29, 0.717) is 0 Å². The Kier molecular flexibility index (Phi) is 4.16. The van der Waals surface area contributed by atoms with Gasteiger partial charge in [-0.25, -0.2) is 0 Å². The van der Waals surface area contributed by atoms with Crippen molar-refractivity contribution in [3.05, 3.63) is 59.7 Å². The molecule has 1 nitrogen and oxygen atoms in total. The van der Waals surface area contributed by atoms with Crippen molar-refractivity contribution in [2.24, 2.45) is 5.73 Å². The lowest BCUT2D eigenvalue weighted by atomic mass is 9.99. The van der Waals surface area contributed by atoms with Crippen molar-refractivity contribution in [3.8, 4) is 11.1 Å². The van der Waals surface area contributed by atoms with Crippen LogP contribution < -0.4 is 5.73 Å². The summed E-state index contributed by atoms with van der Waals surface area (Å²) in [5, 5.41) is 0. The Morgan fingerprint density at radius 1 is 0.944 bits per heavy atom. The fourth-order valence-electron chi connectivity index (χ4n) is 2.18. The monoisotopic (exact) mass is 239 g/mol. The van der Waals surface area contributed by atoms with E-state index in [0.717, 1.165) is 12.8 Å². The molecule has 0 bridgehead atoms. The van der Waals surface area contributed by atoms with E-state index >= 15 is 0 Å². The Morgan fingerprint density at radius 2 is 1.67 bits per heavy atom. The first-order valence-electron chi connectivity index (χ1n) is 6.63. The molecule has 18 heavy (non-hydrogen) atoms. The summed E-state index contributed by atoms with van der Waals surface area (Å²) < 4.78 is 0. The van der Waals surface area contributed by atoms with Gasteiger partial charge in [-0.3, -0.25) is 0 Å². The first-order chi connectivity index (χ1) is 8.69. The molecule has 0 aliphatic rings. The molecule has 1 heteroatoms. The Morgan fingerprint density at radius 3 is 2.28 bits per heavy atom. The molecule has 0 aromatic heterocycles. The zero-order chi connectivity index (χ0) is 13.0. The van der Waals surface area contributed by atoms with Gasteiger partial charge in [-0.15, -0.1) is 0 Å². The number of hydrogen-bond donors (Lipinski definition) is 1. The normalized spacial score (nSPS) is 12.4. The van der Waals surface area contributed by atoms with Gasteiger partial charge in [0, 0.05) is 6.04 Å². The van der Waals surface area contributed by atoms with E-state index in [1.165, 1.54) is 22.3 Å². The number of aryl methyl sites for hydroxylation is 1. The number of rotatable bonds is 4. The second kappa shape index (κ2) is 5.83. The van der Waals surface area contributed by atoms with Crippen LogP contribution in [0.3, 0.4) is 0 Å². The van der Waals surface area contributed by atoms with Crippen LogP contribution >= 0.6 is 0 Å². The van der Waals surface area contributed by atoms with Crippen molar-refractivity contribution in [1.82, 2.24) is 0 Å². The fourth-order valence-corrected chi connectivity index (χ4v) is 2.18. The molecule has 0 saturated heterocycles. The molecule has 2 rings (SSSR count). The van der Waals surface area contributed by atoms with Gasteiger partial charge in [0.25, 0.3) is 0 Å². The van der Waals surface area contributed by atoms with Gasteiger partial charge >= 0.3 is 0 Å². The van der Waals surface area contributed by atoms with Gasteiger partial charge < -0.3 is 5.73 Å². The Bertz CT molecular complexity index is 497. The predicted octanol–water partition coefficient (Wildman–Crippen LogP) is 3.81. The quantitative estimate of drug-likeness (QED) is 0.862. The minimum Gasteiger partial charge on any atom is -0.328 e. The Hall–Kier alpha value is -1.60. The second-order valence-electron chi connectivity index (χ2n) is 4.93. The van der Waals surface area contributed by atoms with Gasteiger partial charge in [-0.05, 0) is 42.0 Å². The molecule has 0 radical (unpaired) electrons. The van der Waals surface area contributed by atoms with Crippen LogP contribution in [0.2, 0.25) is 0 Å². The van der Waals surface area contributed by atoms with Gasteiger partial charge in [-0.2, -0.15) is 0 Å². The summed E-state index contributed by atoms with van der Waals surface area (Å²) in [6.07, 6.45) is 2.02.